The van der Waals surface area contributed by atoms with Gasteiger partial charge in [0.25, 0.3) is 0 Å². The Kier molecular flexibility index (Phi) is 2.33. The molecular formula is C12H10N4O2. The number of aromatic nitrogens is 3. The highest BCUT2D eigenvalue weighted by Gasteiger charge is 2.04. The van der Waals surface area contributed by atoms with Crippen LogP contribution < -0.4 is 11.1 Å². The zero-order valence-electron chi connectivity index (χ0n) is 9.60. The van der Waals surface area contributed by atoms with Crippen LogP contribution in [0, 0.1) is 0 Å². The SMILES string of the molecule is CNc1ncc(-c2ccc3[nH]c(=O)oc3c2)cn1. The van der Waals surface area contributed by atoms with Crippen molar-refractivity contribution >= 4 is 17.0 Å². The molecule has 3 aromatic rings. The summed E-state index contributed by atoms with van der Waals surface area (Å²) in [6.07, 6.45) is 3.43. The summed E-state index contributed by atoms with van der Waals surface area (Å²) in [5.74, 6) is 0.108. The van der Waals surface area contributed by atoms with Crippen molar-refractivity contribution in [1.29, 1.82) is 0 Å². The van der Waals surface area contributed by atoms with Crippen LogP contribution in [0.5, 0.6) is 0 Å². The number of fused-ring (bicyclic) bond motifs is 1. The molecule has 2 N–H and O–H groups in total. The van der Waals surface area contributed by atoms with E-state index in [4.69, 9.17) is 4.42 Å². The molecule has 6 nitrogen and oxygen atoms in total. The lowest BCUT2D eigenvalue weighted by Crippen LogP contribution is -1.95. The largest absolute Gasteiger partial charge is 0.417 e. The van der Waals surface area contributed by atoms with E-state index in [2.05, 4.69) is 20.3 Å². The first kappa shape index (κ1) is 10.5. The fraction of sp³-hybridized carbons (Fsp3) is 0.0833. The summed E-state index contributed by atoms with van der Waals surface area (Å²) in [5.41, 5.74) is 2.96. The number of benzene rings is 1. The van der Waals surface area contributed by atoms with Crippen molar-refractivity contribution in [3.63, 3.8) is 0 Å². The first-order valence-corrected chi connectivity index (χ1v) is 5.39. The van der Waals surface area contributed by atoms with Gasteiger partial charge in [0.1, 0.15) is 0 Å². The van der Waals surface area contributed by atoms with Crippen molar-refractivity contribution in [1.82, 2.24) is 15.0 Å². The predicted octanol–water partition coefficient (Wildman–Crippen LogP) is 1.62. The van der Waals surface area contributed by atoms with E-state index in [9.17, 15) is 4.79 Å². The van der Waals surface area contributed by atoms with Gasteiger partial charge in [0.2, 0.25) is 5.95 Å². The Balaban J connectivity index is 2.09. The number of aromatic amines is 1. The first-order chi connectivity index (χ1) is 8.76. The minimum Gasteiger partial charge on any atom is -0.408 e. The molecule has 6 heteroatoms. The zero-order valence-corrected chi connectivity index (χ0v) is 9.60. The topological polar surface area (TPSA) is 83.8 Å². The molecule has 0 aliphatic rings. The van der Waals surface area contributed by atoms with Gasteiger partial charge in [0.05, 0.1) is 5.52 Å². The van der Waals surface area contributed by atoms with E-state index in [-0.39, 0.29) is 0 Å². The van der Waals surface area contributed by atoms with Crippen LogP contribution >= 0.6 is 0 Å². The monoisotopic (exact) mass is 242 g/mol. The summed E-state index contributed by atoms with van der Waals surface area (Å²) in [7, 11) is 1.76. The highest BCUT2D eigenvalue weighted by Crippen LogP contribution is 2.22. The molecule has 0 spiro atoms. The van der Waals surface area contributed by atoms with Crippen LogP contribution in [0.1, 0.15) is 0 Å². The van der Waals surface area contributed by atoms with E-state index in [1.807, 2.05) is 6.07 Å². The molecule has 0 aliphatic heterocycles. The van der Waals surface area contributed by atoms with E-state index in [1.165, 1.54) is 0 Å². The second kappa shape index (κ2) is 3.99. The maximum absolute atomic E-state index is 11.1. The van der Waals surface area contributed by atoms with Crippen LogP contribution in [0.25, 0.3) is 22.2 Å². The van der Waals surface area contributed by atoms with Gasteiger partial charge < -0.3 is 9.73 Å². The molecule has 0 bridgehead atoms. The molecule has 2 aromatic heterocycles. The van der Waals surface area contributed by atoms with Crippen molar-refractivity contribution in [3.8, 4) is 11.1 Å². The van der Waals surface area contributed by atoms with Crippen molar-refractivity contribution in [3.05, 3.63) is 41.1 Å². The van der Waals surface area contributed by atoms with E-state index >= 15 is 0 Å². The van der Waals surface area contributed by atoms with Crippen molar-refractivity contribution < 1.29 is 4.42 Å². The summed E-state index contributed by atoms with van der Waals surface area (Å²) in [6, 6.07) is 5.46. The number of oxazole rings is 1. The molecule has 0 aliphatic carbocycles. The highest BCUT2D eigenvalue weighted by molar-refractivity contribution is 5.79. The Morgan fingerprint density at radius 3 is 2.72 bits per heavy atom. The molecule has 0 saturated carbocycles. The highest BCUT2D eigenvalue weighted by atomic mass is 16.4. The average Bonchev–Trinajstić information content (AvgIpc) is 2.78. The number of rotatable bonds is 2. The fourth-order valence-electron chi connectivity index (χ4n) is 1.73. The quantitative estimate of drug-likeness (QED) is 0.713. The average molecular weight is 242 g/mol. The minimum atomic E-state index is -0.455. The lowest BCUT2D eigenvalue weighted by Gasteiger charge is -2.01. The summed E-state index contributed by atoms with van der Waals surface area (Å²) >= 11 is 0. The summed E-state index contributed by atoms with van der Waals surface area (Å²) in [4.78, 5) is 21.9. The molecular weight excluding hydrogens is 232 g/mol. The molecule has 3 rings (SSSR count). The van der Waals surface area contributed by atoms with Gasteiger partial charge in [-0.2, -0.15) is 0 Å². The molecule has 0 atom stereocenters. The van der Waals surface area contributed by atoms with Gasteiger partial charge in [-0.1, -0.05) is 6.07 Å². The third-order valence-electron chi connectivity index (χ3n) is 2.63. The number of nitrogens with one attached hydrogen (secondary N) is 2. The molecule has 0 fully saturated rings. The predicted molar refractivity (Wildman–Crippen MR) is 67.4 cm³/mol. The van der Waals surface area contributed by atoms with Crippen LogP contribution in [0.2, 0.25) is 0 Å². The Morgan fingerprint density at radius 1 is 1.22 bits per heavy atom. The van der Waals surface area contributed by atoms with Crippen molar-refractivity contribution in [2.24, 2.45) is 0 Å². The second-order valence-electron chi connectivity index (χ2n) is 3.77. The normalized spacial score (nSPS) is 10.7. The number of hydrogen-bond donors (Lipinski definition) is 2. The zero-order chi connectivity index (χ0) is 12.5. The molecule has 1 aromatic carbocycles. The van der Waals surface area contributed by atoms with E-state index < -0.39 is 5.76 Å². The second-order valence-corrected chi connectivity index (χ2v) is 3.77. The van der Waals surface area contributed by atoms with Gasteiger partial charge in [0.15, 0.2) is 5.58 Å². The maximum atomic E-state index is 11.1. The number of nitrogens with zero attached hydrogens (tertiary/aromatic N) is 2. The van der Waals surface area contributed by atoms with Crippen LogP contribution in [0.4, 0.5) is 5.95 Å². The van der Waals surface area contributed by atoms with Gasteiger partial charge in [-0.05, 0) is 17.7 Å². The molecule has 0 unspecified atom stereocenters. The smallest absolute Gasteiger partial charge is 0.408 e. The minimum absolute atomic E-state index is 0.455. The Hall–Kier alpha value is -2.63. The summed E-state index contributed by atoms with van der Waals surface area (Å²) in [5, 5.41) is 2.85. The van der Waals surface area contributed by atoms with Gasteiger partial charge in [-0.25, -0.2) is 14.8 Å². The van der Waals surface area contributed by atoms with Gasteiger partial charge >= 0.3 is 5.76 Å². The van der Waals surface area contributed by atoms with Gasteiger partial charge in [-0.3, -0.25) is 4.98 Å². The summed E-state index contributed by atoms with van der Waals surface area (Å²) < 4.78 is 5.01. The molecule has 2 heterocycles. The number of anilines is 1. The third kappa shape index (κ3) is 1.73. The van der Waals surface area contributed by atoms with Crippen LogP contribution in [-0.2, 0) is 0 Å². The Labute approximate surface area is 102 Å². The Bertz CT molecular complexity index is 743. The van der Waals surface area contributed by atoms with Crippen molar-refractivity contribution in [2.75, 3.05) is 12.4 Å². The molecule has 18 heavy (non-hydrogen) atoms. The molecule has 0 radical (unpaired) electrons. The van der Waals surface area contributed by atoms with E-state index in [0.717, 1.165) is 11.1 Å². The third-order valence-corrected chi connectivity index (χ3v) is 2.63. The molecule has 0 amide bonds. The lowest BCUT2D eigenvalue weighted by atomic mass is 10.1. The number of H-pyrrole nitrogens is 1. The number of hydrogen-bond acceptors (Lipinski definition) is 5. The summed E-state index contributed by atoms with van der Waals surface area (Å²) in [6.45, 7) is 0. The van der Waals surface area contributed by atoms with E-state index in [0.29, 0.717) is 17.0 Å². The maximum Gasteiger partial charge on any atom is 0.417 e. The van der Waals surface area contributed by atoms with E-state index in [1.54, 1.807) is 31.6 Å². The van der Waals surface area contributed by atoms with Crippen molar-refractivity contribution in [2.45, 2.75) is 0 Å². The van der Waals surface area contributed by atoms with Crippen LogP contribution in [0.15, 0.2) is 39.8 Å². The Morgan fingerprint density at radius 2 is 2.00 bits per heavy atom. The van der Waals surface area contributed by atoms with Gasteiger partial charge in [-0.15, -0.1) is 0 Å². The van der Waals surface area contributed by atoms with Crippen LogP contribution in [0.3, 0.4) is 0 Å². The molecule has 90 valence electrons. The lowest BCUT2D eigenvalue weighted by molar-refractivity contribution is 0.555. The standard InChI is InChI=1S/C12H10N4O2/c1-13-11-14-5-8(6-15-11)7-2-3-9-10(4-7)18-12(17)16-9/h2-6H,1H3,(H,16,17)(H,13,14,15). The molecule has 0 saturated heterocycles. The van der Waals surface area contributed by atoms with Crippen LogP contribution in [-0.4, -0.2) is 22.0 Å². The first-order valence-electron chi connectivity index (χ1n) is 5.39. The van der Waals surface area contributed by atoms with Gasteiger partial charge in [0, 0.05) is 25.0 Å². The fourth-order valence-corrected chi connectivity index (χ4v) is 1.73.